The summed E-state index contributed by atoms with van der Waals surface area (Å²) in [5.41, 5.74) is 1.23. The Balaban J connectivity index is 1.70. The van der Waals surface area contributed by atoms with Crippen LogP contribution in [-0.4, -0.2) is 38.1 Å². The number of piperidine rings is 1. The number of halogens is 1. The fourth-order valence-electron chi connectivity index (χ4n) is 2.64. The van der Waals surface area contributed by atoms with Gasteiger partial charge in [-0.2, -0.15) is 0 Å². The van der Waals surface area contributed by atoms with E-state index in [1.54, 1.807) is 12.1 Å². The molecule has 0 radical (unpaired) electrons. The van der Waals surface area contributed by atoms with E-state index in [-0.39, 0.29) is 5.82 Å². The predicted molar refractivity (Wildman–Crippen MR) is 73.2 cm³/mol. The Morgan fingerprint density at radius 3 is 2.50 bits per heavy atom. The molecule has 0 amide bonds. The highest BCUT2D eigenvalue weighted by Crippen LogP contribution is 2.16. The first-order valence-electron chi connectivity index (χ1n) is 6.89. The highest BCUT2D eigenvalue weighted by atomic mass is 19.1. The van der Waals surface area contributed by atoms with Crippen LogP contribution in [-0.2, 0) is 6.42 Å². The Morgan fingerprint density at radius 2 is 1.89 bits per heavy atom. The summed E-state index contributed by atoms with van der Waals surface area (Å²) in [6, 6.07) is 6.88. The van der Waals surface area contributed by atoms with Gasteiger partial charge in [-0.05, 0) is 69.6 Å². The maximum absolute atomic E-state index is 12.8. The van der Waals surface area contributed by atoms with Gasteiger partial charge in [-0.25, -0.2) is 4.39 Å². The van der Waals surface area contributed by atoms with Crippen molar-refractivity contribution in [2.45, 2.75) is 19.3 Å². The molecule has 0 spiro atoms. The average Bonchev–Trinajstić information content (AvgIpc) is 2.40. The minimum atomic E-state index is -0.147. The summed E-state index contributed by atoms with van der Waals surface area (Å²) in [7, 11) is 2.03. The van der Waals surface area contributed by atoms with Crippen LogP contribution in [0.15, 0.2) is 24.3 Å². The van der Waals surface area contributed by atoms with Crippen molar-refractivity contribution < 1.29 is 4.39 Å². The number of nitrogens with one attached hydrogen (secondary N) is 1. The Labute approximate surface area is 109 Å². The lowest BCUT2D eigenvalue weighted by Crippen LogP contribution is -2.37. The zero-order valence-electron chi connectivity index (χ0n) is 11.2. The monoisotopic (exact) mass is 250 g/mol. The van der Waals surface area contributed by atoms with Crippen LogP contribution in [0.1, 0.15) is 18.4 Å². The molecule has 100 valence electrons. The van der Waals surface area contributed by atoms with Gasteiger partial charge in [0.15, 0.2) is 0 Å². The fraction of sp³-hybridized carbons (Fsp3) is 0.600. The van der Waals surface area contributed by atoms with Crippen molar-refractivity contribution in [2.75, 3.05) is 33.2 Å². The highest BCUT2D eigenvalue weighted by molar-refractivity contribution is 5.16. The number of likely N-dealkylation sites (tertiary alicyclic amines) is 1. The van der Waals surface area contributed by atoms with Gasteiger partial charge in [0.1, 0.15) is 5.82 Å². The molecule has 1 saturated heterocycles. The lowest BCUT2D eigenvalue weighted by Gasteiger charge is -2.31. The molecule has 2 nitrogen and oxygen atoms in total. The first kappa shape index (κ1) is 13.5. The van der Waals surface area contributed by atoms with E-state index in [4.69, 9.17) is 0 Å². The standard InChI is InChI=1S/C15H23FN2/c1-17-12-14-7-10-18(11-8-14)9-6-13-2-4-15(16)5-3-13/h2-5,14,17H,6-12H2,1H3. The first-order chi connectivity index (χ1) is 8.78. The SMILES string of the molecule is CNCC1CCN(CCc2ccc(F)cc2)CC1. The summed E-state index contributed by atoms with van der Waals surface area (Å²) in [5.74, 6) is 0.698. The normalized spacial score (nSPS) is 18.1. The molecule has 0 atom stereocenters. The van der Waals surface area contributed by atoms with Gasteiger partial charge in [-0.3, -0.25) is 0 Å². The molecule has 18 heavy (non-hydrogen) atoms. The van der Waals surface area contributed by atoms with Gasteiger partial charge in [0, 0.05) is 6.54 Å². The van der Waals surface area contributed by atoms with Gasteiger partial charge < -0.3 is 10.2 Å². The summed E-state index contributed by atoms with van der Waals surface area (Å²) in [6.45, 7) is 4.64. The summed E-state index contributed by atoms with van der Waals surface area (Å²) in [4.78, 5) is 2.52. The lowest BCUT2D eigenvalue weighted by molar-refractivity contribution is 0.185. The molecule has 1 fully saturated rings. The van der Waals surface area contributed by atoms with Gasteiger partial charge >= 0.3 is 0 Å². The highest BCUT2D eigenvalue weighted by Gasteiger charge is 2.17. The molecule has 1 aromatic rings. The van der Waals surface area contributed by atoms with E-state index in [0.29, 0.717) is 0 Å². The molecular formula is C15H23FN2. The fourth-order valence-corrected chi connectivity index (χ4v) is 2.64. The van der Waals surface area contributed by atoms with Gasteiger partial charge in [0.2, 0.25) is 0 Å². The second-order valence-electron chi connectivity index (χ2n) is 5.22. The van der Waals surface area contributed by atoms with Crippen molar-refractivity contribution in [1.82, 2.24) is 10.2 Å². The largest absolute Gasteiger partial charge is 0.319 e. The van der Waals surface area contributed by atoms with Gasteiger partial charge in [0.25, 0.3) is 0 Å². The molecule has 0 unspecified atom stereocenters. The van der Waals surface area contributed by atoms with E-state index in [0.717, 1.165) is 25.4 Å². The Morgan fingerprint density at radius 1 is 1.22 bits per heavy atom. The summed E-state index contributed by atoms with van der Waals surface area (Å²) >= 11 is 0. The minimum absolute atomic E-state index is 0.147. The molecule has 1 aliphatic rings. The van der Waals surface area contributed by atoms with Crippen LogP contribution < -0.4 is 5.32 Å². The molecule has 1 heterocycles. The van der Waals surface area contributed by atoms with Crippen LogP contribution in [0.5, 0.6) is 0 Å². The van der Waals surface area contributed by atoms with E-state index in [2.05, 4.69) is 10.2 Å². The molecule has 1 aromatic carbocycles. The quantitative estimate of drug-likeness (QED) is 0.862. The molecule has 0 aliphatic carbocycles. The third-order valence-electron chi connectivity index (χ3n) is 3.83. The molecule has 3 heteroatoms. The molecule has 2 rings (SSSR count). The maximum atomic E-state index is 12.8. The van der Waals surface area contributed by atoms with Crippen LogP contribution in [0.4, 0.5) is 4.39 Å². The summed E-state index contributed by atoms with van der Waals surface area (Å²) < 4.78 is 12.8. The Bertz CT molecular complexity index is 342. The average molecular weight is 250 g/mol. The maximum Gasteiger partial charge on any atom is 0.123 e. The second kappa shape index (κ2) is 6.86. The third-order valence-corrected chi connectivity index (χ3v) is 3.83. The van der Waals surface area contributed by atoms with Crippen molar-refractivity contribution in [1.29, 1.82) is 0 Å². The number of hydrogen-bond donors (Lipinski definition) is 1. The Hall–Kier alpha value is -0.930. The zero-order chi connectivity index (χ0) is 12.8. The molecule has 0 saturated carbocycles. The molecule has 0 aromatic heterocycles. The number of nitrogens with zero attached hydrogens (tertiary/aromatic N) is 1. The van der Waals surface area contributed by atoms with Crippen molar-refractivity contribution in [2.24, 2.45) is 5.92 Å². The predicted octanol–water partition coefficient (Wildman–Crippen LogP) is 2.30. The van der Waals surface area contributed by atoms with E-state index < -0.39 is 0 Å². The van der Waals surface area contributed by atoms with Crippen LogP contribution in [0.3, 0.4) is 0 Å². The molecular weight excluding hydrogens is 227 g/mol. The van der Waals surface area contributed by atoms with Crippen molar-refractivity contribution in [3.05, 3.63) is 35.6 Å². The third kappa shape index (κ3) is 4.07. The summed E-state index contributed by atoms with van der Waals surface area (Å²) in [6.07, 6.45) is 3.62. The van der Waals surface area contributed by atoms with E-state index in [9.17, 15) is 4.39 Å². The smallest absolute Gasteiger partial charge is 0.123 e. The van der Waals surface area contributed by atoms with Crippen LogP contribution in [0.2, 0.25) is 0 Å². The Kier molecular flexibility index (Phi) is 5.14. The van der Waals surface area contributed by atoms with Crippen LogP contribution in [0, 0.1) is 11.7 Å². The zero-order valence-corrected chi connectivity index (χ0v) is 11.2. The second-order valence-corrected chi connectivity index (χ2v) is 5.22. The number of rotatable bonds is 5. The first-order valence-corrected chi connectivity index (χ1v) is 6.89. The number of hydrogen-bond acceptors (Lipinski definition) is 2. The van der Waals surface area contributed by atoms with Gasteiger partial charge in [0.05, 0.1) is 0 Å². The summed E-state index contributed by atoms with van der Waals surface area (Å²) in [5, 5.41) is 3.26. The van der Waals surface area contributed by atoms with Gasteiger partial charge in [-0.1, -0.05) is 12.1 Å². The van der Waals surface area contributed by atoms with Crippen LogP contribution >= 0.6 is 0 Å². The van der Waals surface area contributed by atoms with Crippen molar-refractivity contribution >= 4 is 0 Å². The topological polar surface area (TPSA) is 15.3 Å². The molecule has 0 bridgehead atoms. The van der Waals surface area contributed by atoms with Crippen LogP contribution in [0.25, 0.3) is 0 Å². The lowest BCUT2D eigenvalue weighted by atomic mass is 9.96. The molecule has 1 N–H and O–H groups in total. The van der Waals surface area contributed by atoms with Crippen molar-refractivity contribution in [3.63, 3.8) is 0 Å². The molecule has 1 aliphatic heterocycles. The minimum Gasteiger partial charge on any atom is -0.319 e. The number of benzene rings is 1. The van der Waals surface area contributed by atoms with E-state index in [1.807, 2.05) is 19.2 Å². The van der Waals surface area contributed by atoms with Gasteiger partial charge in [-0.15, -0.1) is 0 Å². The van der Waals surface area contributed by atoms with E-state index >= 15 is 0 Å². The van der Waals surface area contributed by atoms with E-state index in [1.165, 1.54) is 31.5 Å². The van der Waals surface area contributed by atoms with Crippen molar-refractivity contribution in [3.8, 4) is 0 Å².